The van der Waals surface area contributed by atoms with Gasteiger partial charge < -0.3 is 5.73 Å². The number of benzene rings is 1. The van der Waals surface area contributed by atoms with E-state index in [-0.39, 0.29) is 6.04 Å². The molecule has 0 amide bonds. The van der Waals surface area contributed by atoms with Crippen molar-refractivity contribution in [1.29, 1.82) is 0 Å². The van der Waals surface area contributed by atoms with E-state index in [9.17, 15) is 0 Å². The Balaban J connectivity index is 2.33. The molecule has 1 aromatic carbocycles. The molecule has 0 saturated carbocycles. The van der Waals surface area contributed by atoms with Gasteiger partial charge in [0, 0.05) is 11.9 Å². The van der Waals surface area contributed by atoms with Crippen LogP contribution in [0.4, 0.5) is 0 Å². The van der Waals surface area contributed by atoms with Crippen molar-refractivity contribution in [3.63, 3.8) is 0 Å². The minimum atomic E-state index is -0.245. The van der Waals surface area contributed by atoms with Crippen LogP contribution >= 0.6 is 23.4 Å². The van der Waals surface area contributed by atoms with E-state index in [1.165, 1.54) is 4.90 Å². The zero-order chi connectivity index (χ0) is 12.4. The topological polar surface area (TPSA) is 43.8 Å². The maximum absolute atomic E-state index is 6.20. The van der Waals surface area contributed by atoms with Crippen molar-refractivity contribution >= 4 is 23.4 Å². The lowest BCUT2D eigenvalue weighted by molar-refractivity contribution is 0.673. The Morgan fingerprint density at radius 1 is 1.35 bits per heavy atom. The van der Waals surface area contributed by atoms with Gasteiger partial charge in [0.25, 0.3) is 0 Å². The molecule has 0 aliphatic carbocycles. The van der Waals surface area contributed by atoms with E-state index in [1.54, 1.807) is 22.6 Å². The molecule has 90 valence electrons. The fraction of sp³-hybridized carbons (Fsp3) is 0.250. The third kappa shape index (κ3) is 2.49. The number of hydrogen-bond donors (Lipinski definition) is 1. The van der Waals surface area contributed by atoms with Gasteiger partial charge in [-0.3, -0.25) is 4.68 Å². The molecule has 1 heterocycles. The van der Waals surface area contributed by atoms with Gasteiger partial charge in [-0.15, -0.1) is 11.8 Å². The zero-order valence-electron chi connectivity index (χ0n) is 9.72. The zero-order valence-corrected chi connectivity index (χ0v) is 11.3. The fourth-order valence-electron chi connectivity index (χ4n) is 1.74. The second-order valence-electron chi connectivity index (χ2n) is 3.75. The molecule has 1 unspecified atom stereocenters. The van der Waals surface area contributed by atoms with E-state index in [0.29, 0.717) is 5.02 Å². The van der Waals surface area contributed by atoms with E-state index in [4.69, 9.17) is 17.3 Å². The monoisotopic (exact) mass is 267 g/mol. The van der Waals surface area contributed by atoms with Gasteiger partial charge in [-0.2, -0.15) is 5.10 Å². The van der Waals surface area contributed by atoms with Crippen molar-refractivity contribution in [2.75, 3.05) is 6.26 Å². The summed E-state index contributed by atoms with van der Waals surface area (Å²) >= 11 is 7.79. The van der Waals surface area contributed by atoms with Crippen LogP contribution < -0.4 is 5.73 Å². The molecule has 2 rings (SSSR count). The maximum atomic E-state index is 6.20. The van der Waals surface area contributed by atoms with Crippen molar-refractivity contribution in [2.45, 2.75) is 10.9 Å². The minimum absolute atomic E-state index is 0.245. The highest BCUT2D eigenvalue weighted by atomic mass is 35.5. The highest BCUT2D eigenvalue weighted by Gasteiger charge is 2.16. The van der Waals surface area contributed by atoms with E-state index in [2.05, 4.69) is 17.2 Å². The molecular formula is C12H14ClN3S. The molecule has 0 saturated heterocycles. The first-order valence-corrected chi connectivity index (χ1v) is 6.80. The van der Waals surface area contributed by atoms with Crippen LogP contribution in [0, 0.1) is 0 Å². The van der Waals surface area contributed by atoms with Crippen molar-refractivity contribution in [2.24, 2.45) is 12.8 Å². The highest BCUT2D eigenvalue weighted by molar-refractivity contribution is 7.98. The van der Waals surface area contributed by atoms with Crippen molar-refractivity contribution in [3.05, 3.63) is 46.7 Å². The highest BCUT2D eigenvalue weighted by Crippen LogP contribution is 2.26. The molecule has 0 spiro atoms. The third-order valence-corrected chi connectivity index (χ3v) is 3.74. The molecule has 0 aliphatic heterocycles. The van der Waals surface area contributed by atoms with Gasteiger partial charge in [-0.05, 0) is 24.0 Å². The summed E-state index contributed by atoms with van der Waals surface area (Å²) in [7, 11) is 1.84. The van der Waals surface area contributed by atoms with Crippen LogP contribution in [-0.2, 0) is 7.05 Å². The fourth-order valence-corrected chi connectivity index (χ4v) is 2.43. The van der Waals surface area contributed by atoms with Crippen molar-refractivity contribution in [3.8, 4) is 0 Å². The van der Waals surface area contributed by atoms with Crippen LogP contribution in [0.3, 0.4) is 0 Å². The summed E-state index contributed by atoms with van der Waals surface area (Å²) in [4.78, 5) is 1.22. The van der Waals surface area contributed by atoms with Crippen LogP contribution in [0.2, 0.25) is 5.02 Å². The molecule has 5 heteroatoms. The predicted molar refractivity (Wildman–Crippen MR) is 72.5 cm³/mol. The Morgan fingerprint density at radius 2 is 2.00 bits per heavy atom. The average Bonchev–Trinajstić information content (AvgIpc) is 2.68. The number of nitrogens with zero attached hydrogens (tertiary/aromatic N) is 2. The number of halogens is 1. The second kappa shape index (κ2) is 5.12. The first-order valence-electron chi connectivity index (χ1n) is 5.20. The van der Waals surface area contributed by atoms with Crippen LogP contribution in [0.1, 0.15) is 17.3 Å². The molecule has 1 atom stereocenters. The van der Waals surface area contributed by atoms with Gasteiger partial charge >= 0.3 is 0 Å². The normalized spacial score (nSPS) is 12.7. The van der Waals surface area contributed by atoms with Gasteiger partial charge in [0.15, 0.2) is 0 Å². The number of nitrogens with two attached hydrogens (primary N) is 1. The number of aryl methyl sites for hydroxylation is 1. The molecule has 0 aliphatic rings. The molecule has 1 aromatic heterocycles. The van der Waals surface area contributed by atoms with E-state index in [0.717, 1.165) is 11.3 Å². The summed E-state index contributed by atoms with van der Waals surface area (Å²) in [5.74, 6) is 0. The Labute approximate surface area is 110 Å². The molecule has 0 fully saturated rings. The number of hydrogen-bond acceptors (Lipinski definition) is 3. The summed E-state index contributed by atoms with van der Waals surface area (Å²) in [6, 6.07) is 7.93. The predicted octanol–water partition coefficient (Wildman–Crippen LogP) is 2.84. The smallest absolute Gasteiger partial charge is 0.0837 e. The van der Waals surface area contributed by atoms with E-state index in [1.807, 2.05) is 25.4 Å². The Morgan fingerprint density at radius 3 is 2.47 bits per heavy atom. The Hall–Kier alpha value is -0.970. The third-order valence-electron chi connectivity index (χ3n) is 2.71. The SMILES string of the molecule is CSc1ccc(C(N)c2c(Cl)cnn2C)cc1. The summed E-state index contributed by atoms with van der Waals surface area (Å²) < 4.78 is 1.72. The standard InChI is InChI=1S/C12H14ClN3S/c1-16-12(10(13)7-15-16)11(14)8-3-5-9(17-2)6-4-8/h3-7,11H,14H2,1-2H3. The first kappa shape index (κ1) is 12.5. The quantitative estimate of drug-likeness (QED) is 0.870. The number of aromatic nitrogens is 2. The average molecular weight is 268 g/mol. The van der Waals surface area contributed by atoms with Crippen LogP contribution in [0.25, 0.3) is 0 Å². The van der Waals surface area contributed by atoms with Gasteiger partial charge in [0.05, 0.1) is 23.0 Å². The van der Waals surface area contributed by atoms with E-state index >= 15 is 0 Å². The number of rotatable bonds is 3. The summed E-state index contributed by atoms with van der Waals surface area (Å²) in [5.41, 5.74) is 8.07. The first-order chi connectivity index (χ1) is 8.13. The van der Waals surface area contributed by atoms with Crippen LogP contribution in [0.15, 0.2) is 35.4 Å². The van der Waals surface area contributed by atoms with Gasteiger partial charge in [-0.25, -0.2) is 0 Å². The molecule has 2 aromatic rings. The Kier molecular flexibility index (Phi) is 3.76. The van der Waals surface area contributed by atoms with Gasteiger partial charge in [-0.1, -0.05) is 23.7 Å². The van der Waals surface area contributed by atoms with Gasteiger partial charge in [0.1, 0.15) is 0 Å². The van der Waals surface area contributed by atoms with Gasteiger partial charge in [0.2, 0.25) is 0 Å². The molecule has 0 bridgehead atoms. The maximum Gasteiger partial charge on any atom is 0.0837 e. The van der Waals surface area contributed by atoms with Crippen LogP contribution in [-0.4, -0.2) is 16.0 Å². The molecular weight excluding hydrogens is 254 g/mol. The molecule has 3 nitrogen and oxygen atoms in total. The Bertz CT molecular complexity index is 487. The van der Waals surface area contributed by atoms with Crippen LogP contribution in [0.5, 0.6) is 0 Å². The van der Waals surface area contributed by atoms with Crippen molar-refractivity contribution < 1.29 is 0 Å². The van der Waals surface area contributed by atoms with Crippen molar-refractivity contribution in [1.82, 2.24) is 9.78 Å². The molecule has 0 radical (unpaired) electrons. The van der Waals surface area contributed by atoms with E-state index < -0.39 is 0 Å². The largest absolute Gasteiger partial charge is 0.319 e. The molecule has 17 heavy (non-hydrogen) atoms. The lowest BCUT2D eigenvalue weighted by Crippen LogP contribution is -2.16. The summed E-state index contributed by atoms with van der Waals surface area (Å²) in [5, 5.41) is 4.70. The minimum Gasteiger partial charge on any atom is -0.319 e. The second-order valence-corrected chi connectivity index (χ2v) is 5.04. The lowest BCUT2D eigenvalue weighted by Gasteiger charge is -2.13. The number of thioether (sulfide) groups is 1. The summed E-state index contributed by atoms with van der Waals surface area (Å²) in [6.45, 7) is 0. The molecule has 2 N–H and O–H groups in total. The lowest BCUT2D eigenvalue weighted by atomic mass is 10.1. The summed E-state index contributed by atoms with van der Waals surface area (Å²) in [6.07, 6.45) is 3.67.